The summed E-state index contributed by atoms with van der Waals surface area (Å²) in [5.74, 6) is -1.35. The van der Waals surface area contributed by atoms with Gasteiger partial charge in [0.05, 0.1) is 6.42 Å². The van der Waals surface area contributed by atoms with Crippen LogP contribution in [0, 0.1) is 0 Å². The van der Waals surface area contributed by atoms with Crippen LogP contribution >= 0.6 is 11.5 Å². The van der Waals surface area contributed by atoms with E-state index in [4.69, 9.17) is 5.11 Å². The molecule has 0 aliphatic carbocycles. The van der Waals surface area contributed by atoms with Crippen LogP contribution in [0.1, 0.15) is 23.8 Å². The zero-order chi connectivity index (χ0) is 10.6. The molecule has 1 amide bonds. The van der Waals surface area contributed by atoms with E-state index in [1.807, 2.05) is 0 Å². The van der Waals surface area contributed by atoms with E-state index < -0.39 is 17.9 Å². The third-order valence-corrected chi connectivity index (χ3v) is 1.96. The van der Waals surface area contributed by atoms with Gasteiger partial charge in [0.1, 0.15) is 0 Å². The first-order valence-electron chi connectivity index (χ1n) is 3.89. The first-order chi connectivity index (χ1) is 6.59. The number of carboxylic acids is 1. The summed E-state index contributed by atoms with van der Waals surface area (Å²) in [4.78, 5) is 21.6. The van der Waals surface area contributed by atoms with E-state index in [-0.39, 0.29) is 12.1 Å². The van der Waals surface area contributed by atoms with Crippen molar-refractivity contribution in [3.05, 3.63) is 11.1 Å². The summed E-state index contributed by atoms with van der Waals surface area (Å²) in [5, 5.41) is 16.0. The van der Waals surface area contributed by atoms with Crippen LogP contribution in [0.15, 0.2) is 5.38 Å². The fraction of sp³-hybridized carbons (Fsp3) is 0.429. The Morgan fingerprint density at radius 1 is 1.71 bits per heavy atom. The second-order valence-corrected chi connectivity index (χ2v) is 3.37. The first kappa shape index (κ1) is 10.6. The minimum atomic E-state index is -0.950. The number of aliphatic carboxylic acids is 1. The van der Waals surface area contributed by atoms with Crippen molar-refractivity contribution in [2.24, 2.45) is 0 Å². The monoisotopic (exact) mass is 215 g/mol. The van der Waals surface area contributed by atoms with Gasteiger partial charge in [0.25, 0.3) is 5.91 Å². The average molecular weight is 215 g/mol. The Balaban J connectivity index is 2.45. The van der Waals surface area contributed by atoms with Crippen molar-refractivity contribution in [2.45, 2.75) is 19.4 Å². The summed E-state index contributed by atoms with van der Waals surface area (Å²) >= 11 is 1.07. The highest BCUT2D eigenvalue weighted by atomic mass is 32.1. The van der Waals surface area contributed by atoms with E-state index in [9.17, 15) is 9.59 Å². The summed E-state index contributed by atoms with van der Waals surface area (Å²) < 4.78 is 3.53. The van der Waals surface area contributed by atoms with E-state index in [1.54, 1.807) is 6.92 Å². The summed E-state index contributed by atoms with van der Waals surface area (Å²) in [6, 6.07) is -0.415. The number of carboxylic acid groups (broad SMARTS) is 1. The third kappa shape index (κ3) is 3.09. The molecule has 0 fully saturated rings. The first-order valence-corrected chi connectivity index (χ1v) is 4.73. The van der Waals surface area contributed by atoms with Gasteiger partial charge in [-0.1, -0.05) is 4.49 Å². The van der Waals surface area contributed by atoms with E-state index in [0.717, 1.165) is 11.5 Å². The van der Waals surface area contributed by atoms with Gasteiger partial charge < -0.3 is 10.4 Å². The Labute approximate surface area is 84.1 Å². The molecule has 1 aromatic heterocycles. The number of nitrogens with one attached hydrogen (secondary N) is 1. The molecule has 1 atom stereocenters. The molecule has 0 aliphatic rings. The highest BCUT2D eigenvalue weighted by Crippen LogP contribution is 1.98. The maximum Gasteiger partial charge on any atom is 0.305 e. The maximum atomic E-state index is 11.3. The largest absolute Gasteiger partial charge is 0.481 e. The van der Waals surface area contributed by atoms with Gasteiger partial charge in [-0.05, 0) is 18.5 Å². The molecule has 0 saturated carbocycles. The molecule has 76 valence electrons. The van der Waals surface area contributed by atoms with Gasteiger partial charge in [-0.3, -0.25) is 9.59 Å². The van der Waals surface area contributed by atoms with E-state index in [0.29, 0.717) is 0 Å². The Morgan fingerprint density at radius 2 is 2.43 bits per heavy atom. The number of carbonyl (C=O) groups is 2. The smallest absolute Gasteiger partial charge is 0.305 e. The lowest BCUT2D eigenvalue weighted by Crippen LogP contribution is -2.34. The molecule has 6 nitrogen and oxygen atoms in total. The van der Waals surface area contributed by atoms with Crippen molar-refractivity contribution in [3.63, 3.8) is 0 Å². The molecular weight excluding hydrogens is 206 g/mol. The Bertz CT molecular complexity index is 325. The Morgan fingerprint density at radius 3 is 2.93 bits per heavy atom. The SMILES string of the molecule is CC(CC(=O)O)NC(=O)c1csnn1. The molecule has 0 bridgehead atoms. The van der Waals surface area contributed by atoms with Crippen LogP contribution < -0.4 is 5.32 Å². The van der Waals surface area contributed by atoms with Crippen LogP contribution in [0.5, 0.6) is 0 Å². The number of hydrogen-bond donors (Lipinski definition) is 2. The van der Waals surface area contributed by atoms with Gasteiger partial charge >= 0.3 is 5.97 Å². The van der Waals surface area contributed by atoms with E-state index in [1.165, 1.54) is 5.38 Å². The Kier molecular flexibility index (Phi) is 3.52. The standard InChI is InChI=1S/C7H9N3O3S/c1-4(2-6(11)12)8-7(13)5-3-14-10-9-5/h3-4H,2H2,1H3,(H,8,13)(H,11,12). The van der Waals surface area contributed by atoms with Crippen LogP contribution in [0.25, 0.3) is 0 Å². The Hall–Kier alpha value is -1.50. The molecule has 0 radical (unpaired) electrons. The predicted octanol–water partition coefficient (Wildman–Crippen LogP) is 0.131. The zero-order valence-corrected chi connectivity index (χ0v) is 8.24. The minimum Gasteiger partial charge on any atom is -0.481 e. The number of amides is 1. The van der Waals surface area contributed by atoms with Crippen LogP contribution in [0.2, 0.25) is 0 Å². The zero-order valence-electron chi connectivity index (χ0n) is 7.43. The second kappa shape index (κ2) is 4.66. The van der Waals surface area contributed by atoms with Gasteiger partial charge in [0.15, 0.2) is 5.69 Å². The van der Waals surface area contributed by atoms with Gasteiger partial charge in [0.2, 0.25) is 0 Å². The number of nitrogens with zero attached hydrogens (tertiary/aromatic N) is 2. The topological polar surface area (TPSA) is 92.2 Å². The lowest BCUT2D eigenvalue weighted by Gasteiger charge is -2.09. The molecule has 7 heteroatoms. The lowest BCUT2D eigenvalue weighted by molar-refractivity contribution is -0.137. The highest BCUT2D eigenvalue weighted by molar-refractivity contribution is 7.03. The fourth-order valence-corrected chi connectivity index (χ4v) is 1.31. The van der Waals surface area contributed by atoms with Crippen molar-refractivity contribution in [2.75, 3.05) is 0 Å². The predicted molar refractivity (Wildman–Crippen MR) is 49.1 cm³/mol. The number of hydrogen-bond acceptors (Lipinski definition) is 5. The van der Waals surface area contributed by atoms with Crippen LogP contribution in [0.3, 0.4) is 0 Å². The minimum absolute atomic E-state index is 0.108. The summed E-state index contributed by atoms with van der Waals surface area (Å²) in [6.07, 6.45) is -0.108. The maximum absolute atomic E-state index is 11.3. The molecule has 0 spiro atoms. The number of aromatic nitrogens is 2. The van der Waals surface area contributed by atoms with Crippen molar-refractivity contribution < 1.29 is 14.7 Å². The second-order valence-electron chi connectivity index (χ2n) is 2.76. The van der Waals surface area contributed by atoms with Crippen LogP contribution in [-0.2, 0) is 4.79 Å². The van der Waals surface area contributed by atoms with Crippen molar-refractivity contribution >= 4 is 23.4 Å². The van der Waals surface area contributed by atoms with Crippen LogP contribution in [0.4, 0.5) is 0 Å². The number of carbonyl (C=O) groups excluding carboxylic acids is 1. The molecule has 14 heavy (non-hydrogen) atoms. The molecular formula is C7H9N3O3S. The van der Waals surface area contributed by atoms with E-state index in [2.05, 4.69) is 14.9 Å². The van der Waals surface area contributed by atoms with Crippen LogP contribution in [-0.4, -0.2) is 32.6 Å². The van der Waals surface area contributed by atoms with Crippen molar-refractivity contribution in [1.82, 2.24) is 14.9 Å². The van der Waals surface area contributed by atoms with Gasteiger partial charge in [-0.25, -0.2) is 0 Å². The summed E-state index contributed by atoms with van der Waals surface area (Å²) in [7, 11) is 0. The molecule has 2 N–H and O–H groups in total. The quantitative estimate of drug-likeness (QED) is 0.744. The molecule has 0 saturated heterocycles. The molecule has 1 heterocycles. The molecule has 1 aromatic rings. The van der Waals surface area contributed by atoms with Gasteiger partial charge in [0, 0.05) is 11.4 Å². The van der Waals surface area contributed by atoms with Crippen molar-refractivity contribution in [1.29, 1.82) is 0 Å². The molecule has 1 rings (SSSR count). The molecule has 0 aliphatic heterocycles. The highest BCUT2D eigenvalue weighted by Gasteiger charge is 2.13. The number of rotatable bonds is 4. The summed E-state index contributed by atoms with van der Waals surface area (Å²) in [5.41, 5.74) is 0.215. The van der Waals surface area contributed by atoms with Crippen molar-refractivity contribution in [3.8, 4) is 0 Å². The lowest BCUT2D eigenvalue weighted by atomic mass is 10.2. The van der Waals surface area contributed by atoms with E-state index >= 15 is 0 Å². The molecule has 1 unspecified atom stereocenters. The van der Waals surface area contributed by atoms with Gasteiger partial charge in [-0.15, -0.1) is 5.10 Å². The van der Waals surface area contributed by atoms with Gasteiger partial charge in [-0.2, -0.15) is 0 Å². The fourth-order valence-electron chi connectivity index (χ4n) is 0.874. The third-order valence-electron chi connectivity index (χ3n) is 1.45. The molecule has 0 aromatic carbocycles. The normalized spacial score (nSPS) is 12.1. The summed E-state index contributed by atoms with van der Waals surface area (Å²) in [6.45, 7) is 1.62. The average Bonchev–Trinajstić information content (AvgIpc) is 2.53.